The van der Waals surface area contributed by atoms with Crippen LogP contribution in [-0.4, -0.2) is 41.4 Å². The van der Waals surface area contributed by atoms with E-state index in [0.29, 0.717) is 22.2 Å². The molecule has 1 heterocycles. The van der Waals surface area contributed by atoms with Gasteiger partial charge in [-0.2, -0.15) is 0 Å². The molecule has 0 unspecified atom stereocenters. The number of nitrogens with zero attached hydrogens (tertiary/aromatic N) is 1. The Balaban J connectivity index is 1.84. The molecule has 0 atom stereocenters. The molecule has 0 saturated carbocycles. The van der Waals surface area contributed by atoms with Crippen LogP contribution in [0.3, 0.4) is 0 Å². The van der Waals surface area contributed by atoms with Gasteiger partial charge < -0.3 is 19.9 Å². The molecule has 2 aromatic rings. The van der Waals surface area contributed by atoms with Crippen LogP contribution in [0.1, 0.15) is 0 Å². The molecule has 0 aliphatic rings. The van der Waals surface area contributed by atoms with Crippen molar-refractivity contribution in [2.24, 2.45) is 0 Å². The maximum atomic E-state index is 11.9. The third-order valence-electron chi connectivity index (χ3n) is 2.79. The predicted molar refractivity (Wildman–Crippen MR) is 89.7 cm³/mol. The number of anilines is 1. The number of methoxy groups -OCH3 is 1. The van der Waals surface area contributed by atoms with Crippen molar-refractivity contribution in [2.75, 3.05) is 24.8 Å². The predicted octanol–water partition coefficient (Wildman–Crippen LogP) is 2.28. The number of carbonyl (C=O) groups excluding carboxylic acids is 1. The SMILES string of the molecule is COc1ccccc1OCC(=O)Nc1ccc(SCC(=O)O)nc1. The number of hydrogen-bond acceptors (Lipinski definition) is 6. The molecule has 1 amide bonds. The minimum atomic E-state index is -0.910. The zero-order chi connectivity index (χ0) is 17.4. The Morgan fingerprint density at radius 3 is 2.58 bits per heavy atom. The maximum absolute atomic E-state index is 11.9. The number of carboxylic acids is 1. The zero-order valence-corrected chi connectivity index (χ0v) is 13.7. The van der Waals surface area contributed by atoms with Crippen molar-refractivity contribution in [1.82, 2.24) is 4.98 Å². The van der Waals surface area contributed by atoms with E-state index in [0.717, 1.165) is 11.8 Å². The molecule has 2 N–H and O–H groups in total. The molecule has 0 aliphatic carbocycles. The second-order valence-corrected chi connectivity index (χ2v) is 5.55. The van der Waals surface area contributed by atoms with E-state index in [9.17, 15) is 9.59 Å². The Bertz CT molecular complexity index is 706. The van der Waals surface area contributed by atoms with Gasteiger partial charge in [-0.05, 0) is 24.3 Å². The summed E-state index contributed by atoms with van der Waals surface area (Å²) in [6, 6.07) is 10.3. The molecule has 2 rings (SSSR count). The van der Waals surface area contributed by atoms with Crippen LogP contribution in [0, 0.1) is 0 Å². The summed E-state index contributed by atoms with van der Waals surface area (Å²) in [5, 5.41) is 11.8. The summed E-state index contributed by atoms with van der Waals surface area (Å²) in [6.07, 6.45) is 1.46. The second-order valence-electron chi connectivity index (χ2n) is 4.56. The first-order valence-corrected chi connectivity index (χ1v) is 7.93. The van der Waals surface area contributed by atoms with Gasteiger partial charge in [0.25, 0.3) is 5.91 Å². The topological polar surface area (TPSA) is 97.8 Å². The summed E-state index contributed by atoms with van der Waals surface area (Å²) < 4.78 is 10.6. The largest absolute Gasteiger partial charge is 0.493 e. The molecular formula is C16H16N2O5S. The number of aliphatic carboxylic acids is 1. The number of rotatable bonds is 8. The van der Waals surface area contributed by atoms with E-state index in [1.165, 1.54) is 13.3 Å². The smallest absolute Gasteiger partial charge is 0.313 e. The lowest BCUT2D eigenvalue weighted by molar-refractivity contribution is -0.133. The Hall–Kier alpha value is -2.74. The van der Waals surface area contributed by atoms with Crippen LogP contribution >= 0.6 is 11.8 Å². The van der Waals surface area contributed by atoms with Crippen LogP contribution in [0.4, 0.5) is 5.69 Å². The Morgan fingerprint density at radius 1 is 1.21 bits per heavy atom. The van der Waals surface area contributed by atoms with E-state index < -0.39 is 5.97 Å². The van der Waals surface area contributed by atoms with Gasteiger partial charge in [-0.3, -0.25) is 9.59 Å². The minimum Gasteiger partial charge on any atom is -0.493 e. The number of hydrogen-bond donors (Lipinski definition) is 2. The third kappa shape index (κ3) is 5.47. The van der Waals surface area contributed by atoms with E-state index in [1.54, 1.807) is 36.4 Å². The first-order chi connectivity index (χ1) is 11.6. The van der Waals surface area contributed by atoms with Crippen LogP contribution in [0.2, 0.25) is 0 Å². The first-order valence-electron chi connectivity index (χ1n) is 6.95. The number of para-hydroxylation sites is 2. The summed E-state index contributed by atoms with van der Waals surface area (Å²) in [5.41, 5.74) is 0.503. The molecule has 1 aromatic carbocycles. The van der Waals surface area contributed by atoms with Gasteiger partial charge in [0.2, 0.25) is 0 Å². The van der Waals surface area contributed by atoms with Gasteiger partial charge in [-0.15, -0.1) is 0 Å². The number of pyridine rings is 1. The number of amides is 1. The van der Waals surface area contributed by atoms with Crippen LogP contribution in [0.25, 0.3) is 0 Å². The standard InChI is InChI=1S/C16H16N2O5S/c1-22-12-4-2-3-5-13(12)23-9-14(19)18-11-6-7-15(17-8-11)24-10-16(20)21/h2-8H,9-10H2,1H3,(H,18,19)(H,20,21). The van der Waals surface area contributed by atoms with Crippen molar-refractivity contribution in [3.63, 3.8) is 0 Å². The van der Waals surface area contributed by atoms with Gasteiger partial charge in [0.05, 0.1) is 29.8 Å². The highest BCUT2D eigenvalue weighted by Crippen LogP contribution is 2.25. The van der Waals surface area contributed by atoms with Crippen molar-refractivity contribution in [3.05, 3.63) is 42.6 Å². The monoisotopic (exact) mass is 348 g/mol. The molecule has 0 bridgehead atoms. The van der Waals surface area contributed by atoms with Crippen molar-refractivity contribution < 1.29 is 24.2 Å². The molecule has 0 spiro atoms. The normalized spacial score (nSPS) is 10.0. The molecule has 7 nitrogen and oxygen atoms in total. The van der Waals surface area contributed by atoms with Gasteiger partial charge in [0.1, 0.15) is 0 Å². The molecule has 8 heteroatoms. The van der Waals surface area contributed by atoms with Gasteiger partial charge in [0, 0.05) is 0 Å². The fourth-order valence-corrected chi connectivity index (χ4v) is 2.32. The van der Waals surface area contributed by atoms with Gasteiger partial charge in [-0.1, -0.05) is 23.9 Å². The molecular weight excluding hydrogens is 332 g/mol. The van der Waals surface area contributed by atoms with E-state index in [-0.39, 0.29) is 18.3 Å². The van der Waals surface area contributed by atoms with E-state index in [1.807, 2.05) is 0 Å². The molecule has 126 valence electrons. The molecule has 1 aromatic heterocycles. The highest BCUT2D eigenvalue weighted by molar-refractivity contribution is 7.99. The summed E-state index contributed by atoms with van der Waals surface area (Å²) in [4.78, 5) is 26.5. The summed E-state index contributed by atoms with van der Waals surface area (Å²) in [5.74, 6) is -0.285. The summed E-state index contributed by atoms with van der Waals surface area (Å²) >= 11 is 1.11. The van der Waals surface area contributed by atoms with Crippen LogP contribution in [0.15, 0.2) is 47.6 Å². The van der Waals surface area contributed by atoms with Crippen molar-refractivity contribution in [2.45, 2.75) is 5.03 Å². The highest BCUT2D eigenvalue weighted by atomic mass is 32.2. The lowest BCUT2D eigenvalue weighted by Gasteiger charge is -2.10. The van der Waals surface area contributed by atoms with Crippen molar-refractivity contribution in [3.8, 4) is 11.5 Å². The van der Waals surface area contributed by atoms with Gasteiger partial charge in [-0.25, -0.2) is 4.98 Å². The maximum Gasteiger partial charge on any atom is 0.313 e. The Morgan fingerprint density at radius 2 is 1.96 bits per heavy atom. The first kappa shape index (κ1) is 17.6. The van der Waals surface area contributed by atoms with Gasteiger partial charge in [0.15, 0.2) is 18.1 Å². The summed E-state index contributed by atoms with van der Waals surface area (Å²) in [6.45, 7) is -0.171. The van der Waals surface area contributed by atoms with Crippen LogP contribution in [-0.2, 0) is 9.59 Å². The van der Waals surface area contributed by atoms with E-state index in [2.05, 4.69) is 10.3 Å². The average molecular weight is 348 g/mol. The highest BCUT2D eigenvalue weighted by Gasteiger charge is 2.08. The van der Waals surface area contributed by atoms with E-state index >= 15 is 0 Å². The summed E-state index contributed by atoms with van der Waals surface area (Å²) in [7, 11) is 1.53. The second kappa shape index (κ2) is 8.78. The fraction of sp³-hybridized carbons (Fsp3) is 0.188. The van der Waals surface area contributed by atoms with E-state index in [4.69, 9.17) is 14.6 Å². The van der Waals surface area contributed by atoms with Crippen molar-refractivity contribution >= 4 is 29.3 Å². The molecule has 0 saturated heterocycles. The number of aromatic nitrogens is 1. The quantitative estimate of drug-likeness (QED) is 0.706. The number of nitrogens with one attached hydrogen (secondary N) is 1. The minimum absolute atomic E-state index is 0.0640. The third-order valence-corrected chi connectivity index (χ3v) is 3.72. The number of thioether (sulfide) groups is 1. The molecule has 0 aliphatic heterocycles. The lowest BCUT2D eigenvalue weighted by atomic mass is 10.3. The Labute approximate surface area is 143 Å². The van der Waals surface area contributed by atoms with Gasteiger partial charge >= 0.3 is 5.97 Å². The lowest BCUT2D eigenvalue weighted by Crippen LogP contribution is -2.20. The van der Waals surface area contributed by atoms with Crippen molar-refractivity contribution in [1.29, 1.82) is 0 Å². The molecule has 0 radical (unpaired) electrons. The number of ether oxygens (including phenoxy) is 2. The Kier molecular flexibility index (Phi) is 6.44. The average Bonchev–Trinajstić information content (AvgIpc) is 2.59. The van der Waals surface area contributed by atoms with Crippen LogP contribution < -0.4 is 14.8 Å². The number of carbonyl (C=O) groups is 2. The number of carboxylic acid groups (broad SMARTS) is 1. The fourth-order valence-electron chi connectivity index (χ4n) is 1.75. The molecule has 24 heavy (non-hydrogen) atoms. The number of benzene rings is 1. The van der Waals surface area contributed by atoms with Crippen LogP contribution in [0.5, 0.6) is 11.5 Å². The zero-order valence-electron chi connectivity index (χ0n) is 12.9. The molecule has 0 fully saturated rings.